The smallest absolute Gasteiger partial charge is 0.325 e. The van der Waals surface area contributed by atoms with Gasteiger partial charge in [0.05, 0.1) is 0 Å². The van der Waals surface area contributed by atoms with E-state index in [4.69, 9.17) is 27.7 Å². The SMILES string of the molecule is CC1(c2ccc(Cl)cc2Cl)NC(=O)N(Cc2nc(-c3ccccc3)no2)C1=O. The Kier molecular flexibility index (Phi) is 4.56. The number of hydrogen-bond acceptors (Lipinski definition) is 5. The standard InChI is InChI=1S/C19H14Cl2N4O3/c1-19(13-8-7-12(20)9-14(13)21)17(26)25(18(27)23-19)10-15-22-16(24-28-15)11-5-3-2-4-6-11/h2-9H,10H2,1H3,(H,23,27). The molecule has 9 heteroatoms. The number of urea groups is 1. The van der Waals surface area contributed by atoms with E-state index in [0.29, 0.717) is 16.4 Å². The molecule has 1 fully saturated rings. The van der Waals surface area contributed by atoms with Crippen molar-refractivity contribution in [2.75, 3.05) is 0 Å². The number of benzene rings is 2. The summed E-state index contributed by atoms with van der Waals surface area (Å²) in [6, 6.07) is 13.4. The highest BCUT2D eigenvalue weighted by Gasteiger charge is 2.50. The van der Waals surface area contributed by atoms with E-state index in [1.54, 1.807) is 19.1 Å². The Labute approximate surface area is 170 Å². The summed E-state index contributed by atoms with van der Waals surface area (Å²) in [5.74, 6) is 0.0566. The number of amides is 3. The molecule has 0 aliphatic carbocycles. The number of carbonyl (C=O) groups excluding carboxylic acids is 2. The van der Waals surface area contributed by atoms with Gasteiger partial charge >= 0.3 is 6.03 Å². The monoisotopic (exact) mass is 416 g/mol. The third-order valence-corrected chi connectivity index (χ3v) is 5.09. The molecule has 3 aromatic rings. The maximum absolute atomic E-state index is 13.0. The van der Waals surface area contributed by atoms with E-state index in [1.807, 2.05) is 30.3 Å². The number of nitrogens with zero attached hydrogens (tertiary/aromatic N) is 3. The molecule has 7 nitrogen and oxygen atoms in total. The lowest BCUT2D eigenvalue weighted by Crippen LogP contribution is -2.41. The molecular formula is C19H14Cl2N4O3. The van der Waals surface area contributed by atoms with Gasteiger partial charge in [-0.15, -0.1) is 0 Å². The lowest BCUT2D eigenvalue weighted by molar-refractivity contribution is -0.131. The number of nitrogens with one attached hydrogen (secondary N) is 1. The Morgan fingerprint density at radius 2 is 1.89 bits per heavy atom. The first-order valence-corrected chi connectivity index (χ1v) is 9.12. The average molecular weight is 417 g/mol. The Morgan fingerprint density at radius 3 is 2.61 bits per heavy atom. The predicted octanol–water partition coefficient (Wildman–Crippen LogP) is 4.01. The Balaban J connectivity index is 1.59. The van der Waals surface area contributed by atoms with Gasteiger partial charge in [0.2, 0.25) is 11.7 Å². The van der Waals surface area contributed by atoms with Crippen molar-refractivity contribution < 1.29 is 14.1 Å². The molecule has 1 aromatic heterocycles. The van der Waals surface area contributed by atoms with Crippen molar-refractivity contribution >= 4 is 35.1 Å². The quantitative estimate of drug-likeness (QED) is 0.648. The first kappa shape index (κ1) is 18.5. The Hall–Kier alpha value is -2.90. The molecule has 0 saturated carbocycles. The molecule has 1 atom stereocenters. The number of aromatic nitrogens is 2. The third-order valence-electron chi connectivity index (χ3n) is 4.54. The van der Waals surface area contributed by atoms with E-state index in [1.165, 1.54) is 6.07 Å². The number of hydrogen-bond donors (Lipinski definition) is 1. The summed E-state index contributed by atoms with van der Waals surface area (Å²) in [7, 11) is 0. The molecule has 142 valence electrons. The summed E-state index contributed by atoms with van der Waals surface area (Å²) in [6.07, 6.45) is 0. The van der Waals surface area contributed by atoms with Gasteiger partial charge in [-0.3, -0.25) is 9.69 Å². The molecule has 1 aliphatic rings. The largest absolute Gasteiger partial charge is 0.337 e. The maximum Gasteiger partial charge on any atom is 0.325 e. The van der Waals surface area contributed by atoms with Gasteiger partial charge in [-0.25, -0.2) is 4.79 Å². The Bertz CT molecular complexity index is 1070. The van der Waals surface area contributed by atoms with Crippen molar-refractivity contribution in [3.05, 3.63) is 70.0 Å². The second-order valence-electron chi connectivity index (χ2n) is 6.45. The van der Waals surface area contributed by atoms with Gasteiger partial charge in [0.15, 0.2) is 0 Å². The van der Waals surface area contributed by atoms with E-state index in [9.17, 15) is 9.59 Å². The fourth-order valence-corrected chi connectivity index (χ4v) is 3.67. The van der Waals surface area contributed by atoms with Gasteiger partial charge < -0.3 is 9.84 Å². The van der Waals surface area contributed by atoms with Gasteiger partial charge in [0, 0.05) is 21.2 Å². The second kappa shape index (κ2) is 6.92. The summed E-state index contributed by atoms with van der Waals surface area (Å²) >= 11 is 12.2. The van der Waals surface area contributed by atoms with Crippen LogP contribution in [0.3, 0.4) is 0 Å². The van der Waals surface area contributed by atoms with Crippen LogP contribution in [0.2, 0.25) is 10.0 Å². The van der Waals surface area contributed by atoms with Crippen molar-refractivity contribution in [3.63, 3.8) is 0 Å². The second-order valence-corrected chi connectivity index (χ2v) is 7.29. The van der Waals surface area contributed by atoms with E-state index in [-0.39, 0.29) is 17.5 Å². The van der Waals surface area contributed by atoms with Crippen LogP contribution in [0.25, 0.3) is 11.4 Å². The molecule has 0 spiro atoms. The molecule has 1 aliphatic heterocycles. The lowest BCUT2D eigenvalue weighted by atomic mass is 9.92. The van der Waals surface area contributed by atoms with Crippen LogP contribution >= 0.6 is 23.2 Å². The molecule has 0 bridgehead atoms. The number of carbonyl (C=O) groups is 2. The molecule has 1 saturated heterocycles. The predicted molar refractivity (Wildman–Crippen MR) is 103 cm³/mol. The van der Waals surface area contributed by atoms with Crippen LogP contribution in [-0.2, 0) is 16.9 Å². The average Bonchev–Trinajstić information content (AvgIpc) is 3.22. The van der Waals surface area contributed by atoms with Crippen LogP contribution in [0, 0.1) is 0 Å². The van der Waals surface area contributed by atoms with Crippen LogP contribution < -0.4 is 5.32 Å². The molecule has 2 heterocycles. The molecule has 1 N–H and O–H groups in total. The summed E-state index contributed by atoms with van der Waals surface area (Å²) in [5.41, 5.74) is -0.0940. The molecule has 1 unspecified atom stereocenters. The van der Waals surface area contributed by atoms with Gasteiger partial charge in [0.25, 0.3) is 5.91 Å². The fraction of sp³-hybridized carbons (Fsp3) is 0.158. The van der Waals surface area contributed by atoms with Crippen molar-refractivity contribution in [2.24, 2.45) is 0 Å². The highest BCUT2D eigenvalue weighted by atomic mass is 35.5. The zero-order valence-corrected chi connectivity index (χ0v) is 16.2. The molecular weight excluding hydrogens is 403 g/mol. The van der Waals surface area contributed by atoms with Crippen LogP contribution in [0.4, 0.5) is 4.79 Å². The van der Waals surface area contributed by atoms with E-state index in [0.717, 1.165) is 10.5 Å². The van der Waals surface area contributed by atoms with Crippen molar-refractivity contribution in [2.45, 2.75) is 19.0 Å². The van der Waals surface area contributed by atoms with Gasteiger partial charge in [-0.1, -0.05) is 64.8 Å². The van der Waals surface area contributed by atoms with Crippen molar-refractivity contribution in [1.82, 2.24) is 20.4 Å². The highest BCUT2D eigenvalue weighted by Crippen LogP contribution is 2.35. The Morgan fingerprint density at radius 1 is 1.14 bits per heavy atom. The van der Waals surface area contributed by atoms with Crippen LogP contribution in [0.15, 0.2) is 53.1 Å². The molecule has 2 aromatic carbocycles. The minimum Gasteiger partial charge on any atom is -0.337 e. The van der Waals surface area contributed by atoms with Crippen molar-refractivity contribution in [3.8, 4) is 11.4 Å². The summed E-state index contributed by atoms with van der Waals surface area (Å²) in [4.78, 5) is 30.8. The van der Waals surface area contributed by atoms with Crippen LogP contribution in [-0.4, -0.2) is 27.0 Å². The fourth-order valence-electron chi connectivity index (χ4n) is 3.08. The lowest BCUT2D eigenvalue weighted by Gasteiger charge is -2.23. The zero-order valence-electron chi connectivity index (χ0n) is 14.6. The molecule has 4 rings (SSSR count). The third kappa shape index (κ3) is 3.12. The van der Waals surface area contributed by atoms with E-state index >= 15 is 0 Å². The number of halogens is 2. The normalized spacial score (nSPS) is 19.2. The maximum atomic E-state index is 13.0. The highest BCUT2D eigenvalue weighted by molar-refractivity contribution is 6.35. The topological polar surface area (TPSA) is 88.3 Å². The number of rotatable bonds is 4. The first-order valence-electron chi connectivity index (χ1n) is 8.36. The zero-order chi connectivity index (χ0) is 19.9. The van der Waals surface area contributed by atoms with Gasteiger partial charge in [-0.05, 0) is 19.1 Å². The minimum absolute atomic E-state index is 0.147. The van der Waals surface area contributed by atoms with Gasteiger partial charge in [-0.2, -0.15) is 4.98 Å². The first-order chi connectivity index (χ1) is 13.4. The molecule has 3 amide bonds. The van der Waals surface area contributed by atoms with Crippen LogP contribution in [0.1, 0.15) is 18.4 Å². The van der Waals surface area contributed by atoms with Crippen molar-refractivity contribution in [1.29, 1.82) is 0 Å². The molecule has 28 heavy (non-hydrogen) atoms. The van der Waals surface area contributed by atoms with Gasteiger partial charge in [0.1, 0.15) is 12.1 Å². The minimum atomic E-state index is -1.32. The van der Waals surface area contributed by atoms with E-state index in [2.05, 4.69) is 15.5 Å². The number of imide groups is 1. The molecule has 0 radical (unpaired) electrons. The summed E-state index contributed by atoms with van der Waals surface area (Å²) in [6.45, 7) is 1.44. The summed E-state index contributed by atoms with van der Waals surface area (Å²) < 4.78 is 5.21. The van der Waals surface area contributed by atoms with E-state index < -0.39 is 17.5 Å². The van der Waals surface area contributed by atoms with Crippen LogP contribution in [0.5, 0.6) is 0 Å². The summed E-state index contributed by atoms with van der Waals surface area (Å²) in [5, 5.41) is 7.31.